The van der Waals surface area contributed by atoms with Gasteiger partial charge in [0.1, 0.15) is 12.3 Å². The minimum Gasteiger partial charge on any atom is -0.494 e. The second-order valence-electron chi connectivity index (χ2n) is 9.05. The Morgan fingerprint density at radius 2 is 1.80 bits per heavy atom. The first-order chi connectivity index (χ1) is 16.8. The molecule has 7 nitrogen and oxygen atoms in total. The van der Waals surface area contributed by atoms with Crippen LogP contribution in [0, 0.1) is 6.92 Å². The van der Waals surface area contributed by atoms with Crippen LogP contribution in [0.2, 0.25) is 0 Å². The Morgan fingerprint density at radius 1 is 1.09 bits per heavy atom. The number of benzene rings is 2. The summed E-state index contributed by atoms with van der Waals surface area (Å²) in [6.45, 7) is 8.84. The molecule has 0 aromatic heterocycles. The van der Waals surface area contributed by atoms with E-state index in [9.17, 15) is 13.2 Å². The van der Waals surface area contributed by atoms with Gasteiger partial charge in [-0.25, -0.2) is 8.42 Å². The van der Waals surface area contributed by atoms with E-state index in [2.05, 4.69) is 17.1 Å². The first-order valence-corrected chi connectivity index (χ1v) is 14.1. The molecule has 1 N–H and O–H groups in total. The summed E-state index contributed by atoms with van der Waals surface area (Å²) in [5.41, 5.74) is 1.39. The van der Waals surface area contributed by atoms with Gasteiger partial charge in [-0.05, 0) is 82.5 Å². The maximum Gasteiger partial charge on any atom is 0.264 e. The Hall–Kier alpha value is -2.58. The number of carbonyl (C=O) groups excluding carboxylic acids is 1. The van der Waals surface area contributed by atoms with Crippen LogP contribution >= 0.6 is 0 Å². The standard InChI is InChI=1S/C27H39N3O4S/c1-4-23-9-6-7-19-29(23)20-8-18-28-27(31)21-30(24-12-14-25(15-13-24)34-5-2)35(32,33)26-16-10-22(3)11-17-26/h10-17,23H,4-9,18-21H2,1-3H3,(H,28,31). The first-order valence-electron chi connectivity index (χ1n) is 12.7. The van der Waals surface area contributed by atoms with E-state index in [1.54, 1.807) is 48.5 Å². The van der Waals surface area contributed by atoms with Crippen LogP contribution < -0.4 is 14.4 Å². The Labute approximate surface area is 210 Å². The molecule has 2 aromatic carbocycles. The molecule has 1 aliphatic heterocycles. The van der Waals surface area contributed by atoms with Gasteiger partial charge >= 0.3 is 0 Å². The van der Waals surface area contributed by atoms with E-state index in [1.807, 2.05) is 13.8 Å². The minimum absolute atomic E-state index is 0.153. The molecule has 0 saturated carbocycles. The summed E-state index contributed by atoms with van der Waals surface area (Å²) in [5.74, 6) is 0.330. The van der Waals surface area contributed by atoms with Gasteiger partial charge in [-0.15, -0.1) is 0 Å². The molecular formula is C27H39N3O4S. The number of amides is 1. The average molecular weight is 502 g/mol. The Balaban J connectivity index is 1.68. The fourth-order valence-electron chi connectivity index (χ4n) is 4.54. The largest absolute Gasteiger partial charge is 0.494 e. The van der Waals surface area contributed by atoms with Crippen molar-refractivity contribution < 1.29 is 17.9 Å². The molecule has 35 heavy (non-hydrogen) atoms. The predicted octanol–water partition coefficient (Wildman–Crippen LogP) is 4.36. The third-order valence-electron chi connectivity index (χ3n) is 6.50. The molecule has 1 heterocycles. The Morgan fingerprint density at radius 3 is 2.46 bits per heavy atom. The van der Waals surface area contributed by atoms with Crippen LogP contribution in [0.3, 0.4) is 0 Å². The highest BCUT2D eigenvalue weighted by molar-refractivity contribution is 7.92. The molecule has 192 valence electrons. The van der Waals surface area contributed by atoms with E-state index in [1.165, 1.54) is 23.6 Å². The third kappa shape index (κ3) is 7.45. The summed E-state index contributed by atoms with van der Waals surface area (Å²) in [5, 5.41) is 2.92. The molecule has 3 rings (SSSR count). The summed E-state index contributed by atoms with van der Waals surface area (Å²) in [6.07, 6.45) is 5.77. The number of piperidine rings is 1. The minimum atomic E-state index is -3.93. The molecule has 0 spiro atoms. The quantitative estimate of drug-likeness (QED) is 0.437. The lowest BCUT2D eigenvalue weighted by molar-refractivity contribution is -0.119. The lowest BCUT2D eigenvalue weighted by Crippen LogP contribution is -2.43. The van der Waals surface area contributed by atoms with Gasteiger partial charge in [0.15, 0.2) is 0 Å². The molecule has 1 amide bonds. The van der Waals surface area contributed by atoms with Crippen molar-refractivity contribution in [2.75, 3.05) is 37.1 Å². The molecule has 8 heteroatoms. The molecule has 2 aromatic rings. The first kappa shape index (κ1) is 27.0. The molecule has 1 atom stereocenters. The number of anilines is 1. The molecule has 1 aliphatic rings. The third-order valence-corrected chi connectivity index (χ3v) is 8.28. The lowest BCUT2D eigenvalue weighted by atomic mass is 10.00. The molecular weight excluding hydrogens is 462 g/mol. The molecule has 1 saturated heterocycles. The number of ether oxygens (including phenoxy) is 1. The fourth-order valence-corrected chi connectivity index (χ4v) is 5.96. The summed E-state index contributed by atoms with van der Waals surface area (Å²) >= 11 is 0. The van der Waals surface area contributed by atoms with Crippen molar-refractivity contribution in [3.05, 3.63) is 54.1 Å². The fraction of sp³-hybridized carbons (Fsp3) is 0.519. The molecule has 0 radical (unpaired) electrons. The second kappa shape index (κ2) is 12.9. The number of rotatable bonds is 12. The monoisotopic (exact) mass is 501 g/mol. The highest BCUT2D eigenvalue weighted by Crippen LogP contribution is 2.26. The molecule has 1 fully saturated rings. The van der Waals surface area contributed by atoms with Gasteiger partial charge in [0.25, 0.3) is 10.0 Å². The second-order valence-corrected chi connectivity index (χ2v) is 10.9. The van der Waals surface area contributed by atoms with Crippen LogP contribution in [0.15, 0.2) is 53.4 Å². The molecule has 0 aliphatic carbocycles. The number of sulfonamides is 1. The van der Waals surface area contributed by atoms with E-state index in [4.69, 9.17) is 4.74 Å². The van der Waals surface area contributed by atoms with E-state index < -0.39 is 10.0 Å². The summed E-state index contributed by atoms with van der Waals surface area (Å²) < 4.78 is 33.7. The maximum atomic E-state index is 13.5. The Kier molecular flexibility index (Phi) is 9.98. The van der Waals surface area contributed by atoms with E-state index in [0.717, 1.165) is 31.5 Å². The van der Waals surface area contributed by atoms with Crippen LogP contribution in [-0.2, 0) is 14.8 Å². The van der Waals surface area contributed by atoms with Crippen LogP contribution in [0.1, 0.15) is 51.5 Å². The van der Waals surface area contributed by atoms with Crippen LogP contribution in [0.25, 0.3) is 0 Å². The van der Waals surface area contributed by atoms with Gasteiger partial charge in [-0.2, -0.15) is 0 Å². The predicted molar refractivity (Wildman–Crippen MR) is 140 cm³/mol. The number of likely N-dealkylation sites (tertiary alicyclic amines) is 1. The zero-order valence-corrected chi connectivity index (χ0v) is 22.0. The highest BCUT2D eigenvalue weighted by atomic mass is 32.2. The average Bonchev–Trinajstić information content (AvgIpc) is 2.86. The van der Waals surface area contributed by atoms with Crippen molar-refractivity contribution in [3.63, 3.8) is 0 Å². The van der Waals surface area contributed by atoms with Crippen molar-refractivity contribution in [2.45, 2.75) is 63.8 Å². The smallest absolute Gasteiger partial charge is 0.264 e. The van der Waals surface area contributed by atoms with Crippen molar-refractivity contribution in [1.29, 1.82) is 0 Å². The van der Waals surface area contributed by atoms with Gasteiger partial charge in [0, 0.05) is 19.1 Å². The number of hydrogen-bond acceptors (Lipinski definition) is 5. The maximum absolute atomic E-state index is 13.5. The van der Waals surface area contributed by atoms with Crippen LogP contribution in [0.4, 0.5) is 5.69 Å². The number of nitrogens with one attached hydrogen (secondary N) is 1. The number of carbonyl (C=O) groups is 1. The lowest BCUT2D eigenvalue weighted by Gasteiger charge is -2.35. The van der Waals surface area contributed by atoms with E-state index >= 15 is 0 Å². The van der Waals surface area contributed by atoms with Crippen LogP contribution in [0.5, 0.6) is 5.75 Å². The highest BCUT2D eigenvalue weighted by Gasteiger charge is 2.27. The van der Waals surface area contributed by atoms with E-state index in [-0.39, 0.29) is 17.3 Å². The van der Waals surface area contributed by atoms with Gasteiger partial charge in [-0.1, -0.05) is 31.0 Å². The topological polar surface area (TPSA) is 79.0 Å². The van der Waals surface area contributed by atoms with Gasteiger partial charge in [0.2, 0.25) is 5.91 Å². The number of nitrogens with zero attached hydrogens (tertiary/aromatic N) is 2. The molecule has 0 bridgehead atoms. The van der Waals surface area contributed by atoms with Gasteiger partial charge in [0.05, 0.1) is 17.2 Å². The Bertz CT molecular complexity index is 1040. The summed E-state index contributed by atoms with van der Waals surface area (Å²) in [4.78, 5) is 15.5. The zero-order valence-electron chi connectivity index (χ0n) is 21.2. The van der Waals surface area contributed by atoms with Crippen molar-refractivity contribution in [1.82, 2.24) is 10.2 Å². The van der Waals surface area contributed by atoms with Gasteiger partial charge < -0.3 is 15.0 Å². The van der Waals surface area contributed by atoms with Gasteiger partial charge in [-0.3, -0.25) is 9.10 Å². The normalized spacial score (nSPS) is 16.6. The SMILES string of the molecule is CCOc1ccc(N(CC(=O)NCCCN2CCCCC2CC)S(=O)(=O)c2ccc(C)cc2)cc1. The van der Waals surface area contributed by atoms with Crippen molar-refractivity contribution in [2.24, 2.45) is 0 Å². The van der Waals surface area contributed by atoms with E-state index in [0.29, 0.717) is 30.6 Å². The van der Waals surface area contributed by atoms with Crippen molar-refractivity contribution in [3.8, 4) is 5.75 Å². The number of hydrogen-bond donors (Lipinski definition) is 1. The number of aryl methyl sites for hydroxylation is 1. The summed E-state index contributed by atoms with van der Waals surface area (Å²) in [7, 11) is -3.93. The summed E-state index contributed by atoms with van der Waals surface area (Å²) in [6, 6.07) is 14.1. The molecule has 1 unspecified atom stereocenters. The van der Waals surface area contributed by atoms with Crippen molar-refractivity contribution >= 4 is 21.6 Å². The van der Waals surface area contributed by atoms with Crippen LogP contribution in [-0.4, -0.2) is 58.1 Å². The zero-order chi connectivity index (χ0) is 25.3.